The molecule has 0 saturated heterocycles. The van der Waals surface area contributed by atoms with Gasteiger partial charge in [-0.25, -0.2) is 0 Å². The van der Waals surface area contributed by atoms with E-state index in [0.29, 0.717) is 6.42 Å². The Balaban J connectivity index is 1.94. The topological polar surface area (TPSA) is 40.5 Å². The fourth-order valence-electron chi connectivity index (χ4n) is 1.76. The van der Waals surface area contributed by atoms with Gasteiger partial charge in [-0.15, -0.1) is 0 Å². The van der Waals surface area contributed by atoms with E-state index in [9.17, 15) is 10.2 Å². The molecule has 0 radical (unpaired) electrons. The third kappa shape index (κ3) is 3.96. The molecular formula is C17H16O2. The monoisotopic (exact) mass is 252 g/mol. The lowest BCUT2D eigenvalue weighted by molar-refractivity contribution is 0.183. The van der Waals surface area contributed by atoms with E-state index in [1.807, 2.05) is 60.7 Å². The molecule has 0 aliphatic rings. The van der Waals surface area contributed by atoms with Crippen LogP contribution in [0, 0.1) is 11.8 Å². The molecular weight excluding hydrogens is 236 g/mol. The van der Waals surface area contributed by atoms with E-state index in [1.165, 1.54) is 0 Å². The molecule has 0 aliphatic carbocycles. The summed E-state index contributed by atoms with van der Waals surface area (Å²) in [5.41, 5.74) is 1.61. The van der Waals surface area contributed by atoms with Crippen LogP contribution in [0.1, 0.15) is 29.8 Å². The van der Waals surface area contributed by atoms with Gasteiger partial charge in [-0.3, -0.25) is 0 Å². The minimum absolute atomic E-state index is 0.313. The van der Waals surface area contributed by atoms with Crippen molar-refractivity contribution in [1.82, 2.24) is 0 Å². The summed E-state index contributed by atoms with van der Waals surface area (Å²) < 4.78 is 0. The van der Waals surface area contributed by atoms with Gasteiger partial charge in [-0.05, 0) is 11.1 Å². The van der Waals surface area contributed by atoms with E-state index >= 15 is 0 Å². The molecule has 2 aromatic rings. The van der Waals surface area contributed by atoms with Crippen molar-refractivity contribution in [2.45, 2.75) is 18.6 Å². The summed E-state index contributed by atoms with van der Waals surface area (Å²) >= 11 is 0. The van der Waals surface area contributed by atoms with Crippen LogP contribution in [0.5, 0.6) is 0 Å². The zero-order valence-corrected chi connectivity index (χ0v) is 10.5. The second-order valence-corrected chi connectivity index (χ2v) is 4.26. The van der Waals surface area contributed by atoms with Crippen molar-refractivity contribution in [3.05, 3.63) is 71.8 Å². The first-order valence-corrected chi connectivity index (χ1v) is 6.22. The van der Waals surface area contributed by atoms with Gasteiger partial charge in [0.05, 0.1) is 6.10 Å². The highest BCUT2D eigenvalue weighted by atomic mass is 16.3. The van der Waals surface area contributed by atoms with Gasteiger partial charge < -0.3 is 10.2 Å². The Morgan fingerprint density at radius 1 is 0.789 bits per heavy atom. The van der Waals surface area contributed by atoms with Gasteiger partial charge >= 0.3 is 0 Å². The molecule has 0 fully saturated rings. The molecule has 2 rings (SSSR count). The van der Waals surface area contributed by atoms with Crippen LogP contribution in [-0.2, 0) is 0 Å². The molecule has 0 aromatic heterocycles. The van der Waals surface area contributed by atoms with Crippen molar-refractivity contribution < 1.29 is 10.2 Å². The van der Waals surface area contributed by atoms with Crippen LogP contribution in [0.25, 0.3) is 0 Å². The van der Waals surface area contributed by atoms with Crippen molar-refractivity contribution in [1.29, 1.82) is 0 Å². The third-order valence-corrected chi connectivity index (χ3v) is 2.83. The Morgan fingerprint density at radius 3 is 1.89 bits per heavy atom. The highest BCUT2D eigenvalue weighted by Gasteiger charge is 2.05. The number of benzene rings is 2. The standard InChI is InChI=1S/C17H16O2/c18-16(14-8-3-1-4-9-14)12-7-13-17(19)15-10-5-2-6-11-15/h1-6,8-11,16-19H,12H2. The van der Waals surface area contributed by atoms with Crippen LogP contribution in [0.4, 0.5) is 0 Å². The maximum atomic E-state index is 9.92. The summed E-state index contributed by atoms with van der Waals surface area (Å²) in [7, 11) is 0. The molecule has 2 unspecified atom stereocenters. The van der Waals surface area contributed by atoms with Gasteiger partial charge in [0, 0.05) is 6.42 Å². The first-order chi connectivity index (χ1) is 9.27. The van der Waals surface area contributed by atoms with Gasteiger partial charge in [0.1, 0.15) is 6.10 Å². The van der Waals surface area contributed by atoms with Crippen LogP contribution in [0.3, 0.4) is 0 Å². The van der Waals surface area contributed by atoms with Crippen molar-refractivity contribution in [2.24, 2.45) is 0 Å². The third-order valence-electron chi connectivity index (χ3n) is 2.83. The van der Waals surface area contributed by atoms with Crippen LogP contribution in [-0.4, -0.2) is 10.2 Å². The SMILES string of the molecule is OC(C#CCC(O)c1ccccc1)c1ccccc1. The smallest absolute Gasteiger partial charge is 0.140 e. The summed E-state index contributed by atoms with van der Waals surface area (Å²) in [6.07, 6.45) is -1.10. The minimum atomic E-state index is -0.802. The Morgan fingerprint density at radius 2 is 1.32 bits per heavy atom. The Hall–Kier alpha value is -2.08. The number of hydrogen-bond acceptors (Lipinski definition) is 2. The van der Waals surface area contributed by atoms with Crippen molar-refractivity contribution >= 4 is 0 Å². The van der Waals surface area contributed by atoms with E-state index in [4.69, 9.17) is 0 Å². The zero-order valence-electron chi connectivity index (χ0n) is 10.5. The lowest BCUT2D eigenvalue weighted by atomic mass is 10.1. The van der Waals surface area contributed by atoms with E-state index < -0.39 is 12.2 Å². The summed E-state index contributed by atoms with van der Waals surface area (Å²) in [6.45, 7) is 0. The number of aliphatic hydroxyl groups is 2. The van der Waals surface area contributed by atoms with Crippen LogP contribution >= 0.6 is 0 Å². The van der Waals surface area contributed by atoms with Gasteiger partial charge in [-0.1, -0.05) is 72.5 Å². The molecule has 2 heteroatoms. The average Bonchev–Trinajstić information content (AvgIpc) is 2.49. The Labute approximate surface area is 113 Å². The van der Waals surface area contributed by atoms with Crippen molar-refractivity contribution in [3.8, 4) is 11.8 Å². The summed E-state index contributed by atoms with van der Waals surface area (Å²) in [4.78, 5) is 0. The fourth-order valence-corrected chi connectivity index (χ4v) is 1.76. The molecule has 0 heterocycles. The van der Waals surface area contributed by atoms with Gasteiger partial charge in [0.25, 0.3) is 0 Å². The predicted octanol–water partition coefficient (Wildman–Crippen LogP) is 2.85. The van der Waals surface area contributed by atoms with Crippen molar-refractivity contribution in [3.63, 3.8) is 0 Å². The first-order valence-electron chi connectivity index (χ1n) is 6.22. The van der Waals surface area contributed by atoms with Crippen molar-refractivity contribution in [2.75, 3.05) is 0 Å². The van der Waals surface area contributed by atoms with Crippen LogP contribution in [0.15, 0.2) is 60.7 Å². The molecule has 0 saturated carbocycles. The van der Waals surface area contributed by atoms with E-state index in [1.54, 1.807) is 0 Å². The van der Waals surface area contributed by atoms with Gasteiger partial charge in [0.15, 0.2) is 0 Å². The highest BCUT2D eigenvalue weighted by Crippen LogP contribution is 2.16. The molecule has 2 aromatic carbocycles. The molecule has 96 valence electrons. The van der Waals surface area contributed by atoms with E-state index in [0.717, 1.165) is 11.1 Å². The molecule has 0 bridgehead atoms. The largest absolute Gasteiger partial charge is 0.387 e. The number of aliphatic hydroxyl groups excluding tert-OH is 2. The quantitative estimate of drug-likeness (QED) is 0.825. The number of hydrogen-bond donors (Lipinski definition) is 2. The molecule has 2 atom stereocenters. The summed E-state index contributed by atoms with van der Waals surface area (Å²) in [6, 6.07) is 18.7. The average molecular weight is 252 g/mol. The minimum Gasteiger partial charge on any atom is -0.387 e. The maximum Gasteiger partial charge on any atom is 0.140 e. The highest BCUT2D eigenvalue weighted by molar-refractivity contribution is 5.25. The lowest BCUT2D eigenvalue weighted by Gasteiger charge is -2.06. The first kappa shape index (κ1) is 13.4. The zero-order chi connectivity index (χ0) is 13.5. The normalized spacial score (nSPS) is 13.2. The fraction of sp³-hybridized carbons (Fsp3) is 0.176. The molecule has 0 aliphatic heterocycles. The molecule has 0 amide bonds. The Bertz CT molecular complexity index is 552. The molecule has 19 heavy (non-hydrogen) atoms. The van der Waals surface area contributed by atoms with Crippen LogP contribution < -0.4 is 0 Å². The second kappa shape index (κ2) is 6.75. The lowest BCUT2D eigenvalue weighted by Crippen LogP contribution is -1.96. The maximum absolute atomic E-state index is 9.92. The van der Waals surface area contributed by atoms with Crippen LogP contribution in [0.2, 0.25) is 0 Å². The molecule has 0 spiro atoms. The Kier molecular flexibility index (Phi) is 4.74. The summed E-state index contributed by atoms with van der Waals surface area (Å²) in [5.74, 6) is 5.58. The van der Waals surface area contributed by atoms with Gasteiger partial charge in [0.2, 0.25) is 0 Å². The molecule has 2 nitrogen and oxygen atoms in total. The second-order valence-electron chi connectivity index (χ2n) is 4.26. The summed E-state index contributed by atoms with van der Waals surface area (Å²) in [5, 5.41) is 19.8. The predicted molar refractivity (Wildman–Crippen MR) is 75.2 cm³/mol. The van der Waals surface area contributed by atoms with E-state index in [2.05, 4.69) is 11.8 Å². The number of rotatable bonds is 3. The molecule has 2 N–H and O–H groups in total. The van der Waals surface area contributed by atoms with Gasteiger partial charge in [-0.2, -0.15) is 0 Å². The van der Waals surface area contributed by atoms with E-state index in [-0.39, 0.29) is 0 Å².